The molecule has 0 spiro atoms. The van der Waals surface area contributed by atoms with Crippen molar-refractivity contribution >= 4 is 5.82 Å². The van der Waals surface area contributed by atoms with Gasteiger partial charge in [0.2, 0.25) is 5.88 Å². The van der Waals surface area contributed by atoms with Crippen molar-refractivity contribution in [3.63, 3.8) is 0 Å². The first-order valence-corrected chi connectivity index (χ1v) is 5.89. The van der Waals surface area contributed by atoms with Gasteiger partial charge in [-0.05, 0) is 13.3 Å². The Balaban J connectivity index is 3.05. The lowest BCUT2D eigenvalue weighted by Crippen LogP contribution is -2.20. The third-order valence-corrected chi connectivity index (χ3v) is 2.42. The Kier molecular flexibility index (Phi) is 4.28. The van der Waals surface area contributed by atoms with Crippen molar-refractivity contribution in [2.24, 2.45) is 5.84 Å². The van der Waals surface area contributed by atoms with Crippen LogP contribution >= 0.6 is 0 Å². The largest absolute Gasteiger partial charge is 0.475 e. The van der Waals surface area contributed by atoms with E-state index in [9.17, 15) is 0 Å². The number of rotatable bonds is 4. The molecule has 1 unspecified atom stereocenters. The van der Waals surface area contributed by atoms with Gasteiger partial charge in [-0.3, -0.25) is 0 Å². The third kappa shape index (κ3) is 3.85. The van der Waals surface area contributed by atoms with Crippen molar-refractivity contribution < 1.29 is 4.74 Å². The maximum absolute atomic E-state index is 5.70. The molecule has 1 heterocycles. The molecule has 3 N–H and O–H groups in total. The van der Waals surface area contributed by atoms with Crippen LogP contribution in [0, 0.1) is 0 Å². The van der Waals surface area contributed by atoms with Crippen molar-refractivity contribution in [2.75, 3.05) is 5.43 Å². The van der Waals surface area contributed by atoms with Gasteiger partial charge in [0.15, 0.2) is 0 Å². The van der Waals surface area contributed by atoms with Crippen molar-refractivity contribution in [1.29, 1.82) is 0 Å². The van der Waals surface area contributed by atoms with E-state index in [4.69, 9.17) is 10.6 Å². The van der Waals surface area contributed by atoms with Crippen LogP contribution in [-0.2, 0) is 5.41 Å². The molecule has 0 bridgehead atoms. The maximum Gasteiger partial charge on any atom is 0.219 e. The molecule has 0 radical (unpaired) electrons. The minimum absolute atomic E-state index is 0.128. The van der Waals surface area contributed by atoms with Gasteiger partial charge in [0, 0.05) is 11.5 Å². The Hall–Kier alpha value is -1.36. The predicted molar refractivity (Wildman–Crippen MR) is 68.9 cm³/mol. The number of nitrogen functional groups attached to an aromatic ring is 1. The van der Waals surface area contributed by atoms with Crippen molar-refractivity contribution in [1.82, 2.24) is 9.97 Å². The second kappa shape index (κ2) is 5.31. The monoisotopic (exact) mass is 238 g/mol. The Labute approximate surface area is 103 Å². The number of nitrogens with one attached hydrogen (secondary N) is 1. The highest BCUT2D eigenvalue weighted by molar-refractivity contribution is 5.38. The quantitative estimate of drug-likeness (QED) is 0.621. The molecule has 0 fully saturated rings. The van der Waals surface area contributed by atoms with Gasteiger partial charge in [-0.1, -0.05) is 27.7 Å². The zero-order valence-electron chi connectivity index (χ0n) is 11.2. The third-order valence-electron chi connectivity index (χ3n) is 2.42. The van der Waals surface area contributed by atoms with Crippen LogP contribution in [0.25, 0.3) is 0 Å². The van der Waals surface area contributed by atoms with Crippen LogP contribution in [0.15, 0.2) is 6.07 Å². The molecule has 0 aliphatic carbocycles. The smallest absolute Gasteiger partial charge is 0.219 e. The lowest BCUT2D eigenvalue weighted by atomic mass is 9.96. The van der Waals surface area contributed by atoms with E-state index >= 15 is 0 Å². The number of hydrogen-bond donors (Lipinski definition) is 2. The highest BCUT2D eigenvalue weighted by atomic mass is 16.5. The van der Waals surface area contributed by atoms with Crippen LogP contribution in [0.5, 0.6) is 5.88 Å². The van der Waals surface area contributed by atoms with Crippen LogP contribution in [-0.4, -0.2) is 16.1 Å². The van der Waals surface area contributed by atoms with E-state index in [1.807, 2.05) is 6.92 Å². The van der Waals surface area contributed by atoms with E-state index in [2.05, 4.69) is 43.1 Å². The van der Waals surface area contributed by atoms with E-state index in [1.54, 1.807) is 6.07 Å². The number of hydrazine groups is 1. The summed E-state index contributed by atoms with van der Waals surface area (Å²) in [6, 6.07) is 1.71. The molecule has 0 amide bonds. The first-order chi connectivity index (χ1) is 7.86. The van der Waals surface area contributed by atoms with Gasteiger partial charge in [-0.2, -0.15) is 4.98 Å². The summed E-state index contributed by atoms with van der Waals surface area (Å²) in [5.41, 5.74) is 2.40. The molecule has 5 heteroatoms. The second-order valence-electron chi connectivity index (χ2n) is 5.15. The SMILES string of the molecule is CCC(C)Oc1cc(NN)nc(C(C)(C)C)n1. The van der Waals surface area contributed by atoms with E-state index < -0.39 is 0 Å². The van der Waals surface area contributed by atoms with Crippen LogP contribution in [0.4, 0.5) is 5.82 Å². The average Bonchev–Trinajstić information content (AvgIpc) is 2.27. The Morgan fingerprint density at radius 1 is 1.41 bits per heavy atom. The normalized spacial score (nSPS) is 13.3. The summed E-state index contributed by atoms with van der Waals surface area (Å²) in [4.78, 5) is 8.74. The van der Waals surface area contributed by atoms with E-state index in [-0.39, 0.29) is 11.5 Å². The summed E-state index contributed by atoms with van der Waals surface area (Å²) < 4.78 is 5.70. The van der Waals surface area contributed by atoms with Gasteiger partial charge in [-0.15, -0.1) is 0 Å². The van der Waals surface area contributed by atoms with Crippen LogP contribution in [0.1, 0.15) is 46.9 Å². The van der Waals surface area contributed by atoms with Crippen LogP contribution in [0.2, 0.25) is 0 Å². The molecule has 0 saturated heterocycles. The Bertz CT molecular complexity index is 373. The van der Waals surface area contributed by atoms with E-state index in [0.29, 0.717) is 17.5 Å². The van der Waals surface area contributed by atoms with Crippen molar-refractivity contribution in [3.05, 3.63) is 11.9 Å². The topological polar surface area (TPSA) is 73.1 Å². The molecule has 17 heavy (non-hydrogen) atoms. The lowest BCUT2D eigenvalue weighted by molar-refractivity contribution is 0.207. The molecule has 96 valence electrons. The first kappa shape index (κ1) is 13.7. The lowest BCUT2D eigenvalue weighted by Gasteiger charge is -2.19. The fraction of sp³-hybridized carbons (Fsp3) is 0.667. The summed E-state index contributed by atoms with van der Waals surface area (Å²) >= 11 is 0. The summed E-state index contributed by atoms with van der Waals surface area (Å²) in [7, 11) is 0. The standard InChI is InChI=1S/C12H22N4O/c1-6-8(2)17-10-7-9(16-13)14-11(15-10)12(3,4)5/h7-8H,6,13H2,1-5H3,(H,14,15,16). The predicted octanol–water partition coefficient (Wildman–Crippen LogP) is 2.24. The van der Waals surface area contributed by atoms with Gasteiger partial charge in [0.25, 0.3) is 0 Å². The zero-order chi connectivity index (χ0) is 13.1. The maximum atomic E-state index is 5.70. The summed E-state index contributed by atoms with van der Waals surface area (Å²) in [5.74, 6) is 7.25. The molecule has 5 nitrogen and oxygen atoms in total. The van der Waals surface area contributed by atoms with E-state index in [0.717, 1.165) is 6.42 Å². The van der Waals surface area contributed by atoms with Crippen molar-refractivity contribution in [3.8, 4) is 5.88 Å². The van der Waals surface area contributed by atoms with Crippen LogP contribution in [0.3, 0.4) is 0 Å². The molecule has 0 aromatic carbocycles. The number of nitrogens with two attached hydrogens (primary N) is 1. The fourth-order valence-corrected chi connectivity index (χ4v) is 1.18. The Morgan fingerprint density at radius 3 is 2.53 bits per heavy atom. The fourth-order valence-electron chi connectivity index (χ4n) is 1.18. The summed E-state index contributed by atoms with van der Waals surface area (Å²) in [6.45, 7) is 10.2. The molecule has 0 aliphatic heterocycles. The minimum Gasteiger partial charge on any atom is -0.475 e. The molecular weight excluding hydrogens is 216 g/mol. The number of aromatic nitrogens is 2. The number of anilines is 1. The van der Waals surface area contributed by atoms with Gasteiger partial charge in [-0.25, -0.2) is 10.8 Å². The first-order valence-electron chi connectivity index (χ1n) is 5.89. The van der Waals surface area contributed by atoms with Gasteiger partial charge in [0.05, 0.1) is 6.10 Å². The molecule has 0 saturated carbocycles. The highest BCUT2D eigenvalue weighted by Gasteiger charge is 2.19. The Morgan fingerprint density at radius 2 is 2.06 bits per heavy atom. The zero-order valence-corrected chi connectivity index (χ0v) is 11.2. The van der Waals surface area contributed by atoms with Crippen LogP contribution < -0.4 is 16.0 Å². The highest BCUT2D eigenvalue weighted by Crippen LogP contribution is 2.23. The molecule has 1 rings (SSSR count). The number of hydrogen-bond acceptors (Lipinski definition) is 5. The molecule has 1 aromatic heterocycles. The van der Waals surface area contributed by atoms with Crippen molar-refractivity contribution in [2.45, 2.75) is 52.6 Å². The van der Waals surface area contributed by atoms with Gasteiger partial charge < -0.3 is 10.2 Å². The van der Waals surface area contributed by atoms with Gasteiger partial charge in [0.1, 0.15) is 11.6 Å². The summed E-state index contributed by atoms with van der Waals surface area (Å²) in [5, 5.41) is 0. The summed E-state index contributed by atoms with van der Waals surface area (Å²) in [6.07, 6.45) is 1.06. The van der Waals surface area contributed by atoms with E-state index in [1.165, 1.54) is 0 Å². The molecule has 0 aliphatic rings. The molecule has 1 aromatic rings. The number of ether oxygens (including phenoxy) is 1. The minimum atomic E-state index is -0.138. The molecule has 1 atom stereocenters. The molecular formula is C12H22N4O. The van der Waals surface area contributed by atoms with Gasteiger partial charge >= 0.3 is 0 Å². The second-order valence-corrected chi connectivity index (χ2v) is 5.15. The average molecular weight is 238 g/mol. The number of nitrogens with zero attached hydrogens (tertiary/aromatic N) is 2.